The predicted octanol–water partition coefficient (Wildman–Crippen LogP) is 5.19. The van der Waals surface area contributed by atoms with E-state index in [0.29, 0.717) is 36.6 Å². The number of anilines is 2. The number of aliphatic hydroxyl groups excluding tert-OH is 1. The molecule has 0 aliphatic carbocycles. The minimum atomic E-state index is -3.97. The number of halogens is 1. The van der Waals surface area contributed by atoms with E-state index in [1.165, 1.54) is 46.6 Å². The number of nitrogens with zero attached hydrogens (tertiary/aromatic N) is 3. The van der Waals surface area contributed by atoms with Gasteiger partial charge in [0.2, 0.25) is 10.0 Å². The van der Waals surface area contributed by atoms with E-state index in [2.05, 4.69) is 15.8 Å². The molecule has 1 aliphatic rings. The number of amides is 3. The SMILES string of the molecule is Cc1noc(C)c1S(=O)(=O)N(C)C[C@@H]1OCCCC[C@@H](C)Oc2ccc(NC(=O)Nc3ccc(F)cc3)cc2C(=O)N([C@@H](C)CO)C[C@H]1C. The third kappa shape index (κ3) is 9.56. The summed E-state index contributed by atoms with van der Waals surface area (Å²) in [5.41, 5.74) is 1.12. The second kappa shape index (κ2) is 16.6. The molecule has 49 heavy (non-hydrogen) atoms. The van der Waals surface area contributed by atoms with Crippen molar-refractivity contribution in [1.29, 1.82) is 0 Å². The van der Waals surface area contributed by atoms with Crippen LogP contribution in [0.3, 0.4) is 0 Å². The third-order valence-corrected chi connectivity index (χ3v) is 10.6. The number of sulfonamides is 1. The summed E-state index contributed by atoms with van der Waals surface area (Å²) in [6, 6.07) is 8.82. The van der Waals surface area contributed by atoms with E-state index in [9.17, 15) is 27.5 Å². The van der Waals surface area contributed by atoms with Gasteiger partial charge in [-0.25, -0.2) is 17.6 Å². The van der Waals surface area contributed by atoms with Crippen molar-refractivity contribution in [2.24, 2.45) is 5.92 Å². The van der Waals surface area contributed by atoms with Gasteiger partial charge in [-0.1, -0.05) is 12.1 Å². The lowest BCUT2D eigenvalue weighted by molar-refractivity contribution is -0.00835. The van der Waals surface area contributed by atoms with Gasteiger partial charge in [-0.2, -0.15) is 4.31 Å². The molecule has 3 amide bonds. The summed E-state index contributed by atoms with van der Waals surface area (Å²) >= 11 is 0. The highest BCUT2D eigenvalue weighted by molar-refractivity contribution is 7.89. The molecule has 15 heteroatoms. The highest BCUT2D eigenvalue weighted by Gasteiger charge is 2.34. The van der Waals surface area contributed by atoms with Gasteiger partial charge in [0.25, 0.3) is 5.91 Å². The largest absolute Gasteiger partial charge is 0.490 e. The number of rotatable bonds is 8. The third-order valence-electron chi connectivity index (χ3n) is 8.48. The number of aryl methyl sites for hydroxylation is 2. The number of ether oxygens (including phenoxy) is 2. The number of hydrogen-bond acceptors (Lipinski definition) is 9. The van der Waals surface area contributed by atoms with E-state index >= 15 is 0 Å². The van der Waals surface area contributed by atoms with Crippen LogP contribution < -0.4 is 15.4 Å². The van der Waals surface area contributed by atoms with Crippen LogP contribution in [0.15, 0.2) is 51.9 Å². The summed E-state index contributed by atoms with van der Waals surface area (Å²) in [6.45, 7) is 8.73. The monoisotopic (exact) mass is 703 g/mol. The molecule has 3 N–H and O–H groups in total. The average molecular weight is 704 g/mol. The number of carbonyl (C=O) groups is 2. The minimum absolute atomic E-state index is 0.00354. The number of benzene rings is 2. The predicted molar refractivity (Wildman–Crippen MR) is 182 cm³/mol. The zero-order chi connectivity index (χ0) is 35.9. The van der Waals surface area contributed by atoms with Gasteiger partial charge >= 0.3 is 6.03 Å². The number of urea groups is 1. The van der Waals surface area contributed by atoms with Gasteiger partial charge in [-0.05, 0) is 89.4 Å². The second-order valence-corrected chi connectivity index (χ2v) is 14.5. The van der Waals surface area contributed by atoms with Crippen molar-refractivity contribution < 1.29 is 41.5 Å². The summed E-state index contributed by atoms with van der Waals surface area (Å²) < 4.78 is 59.3. The maximum Gasteiger partial charge on any atom is 0.323 e. The van der Waals surface area contributed by atoms with Gasteiger partial charge in [0.05, 0.1) is 30.4 Å². The maximum atomic E-state index is 14.3. The summed E-state index contributed by atoms with van der Waals surface area (Å²) in [5.74, 6) is -0.762. The fourth-order valence-electron chi connectivity index (χ4n) is 5.64. The number of carbonyl (C=O) groups excluding carboxylic acids is 2. The molecule has 0 radical (unpaired) electrons. The Morgan fingerprint density at radius 3 is 2.45 bits per heavy atom. The lowest BCUT2D eigenvalue weighted by atomic mass is 10.0. The Morgan fingerprint density at radius 2 is 1.80 bits per heavy atom. The summed E-state index contributed by atoms with van der Waals surface area (Å²) in [7, 11) is -2.50. The molecule has 4 rings (SSSR count). The van der Waals surface area contributed by atoms with Crippen molar-refractivity contribution in [2.45, 2.75) is 77.0 Å². The highest BCUT2D eigenvalue weighted by atomic mass is 32.2. The number of nitrogens with one attached hydrogen (secondary N) is 2. The van der Waals surface area contributed by atoms with E-state index < -0.39 is 39.9 Å². The van der Waals surface area contributed by atoms with Crippen molar-refractivity contribution in [1.82, 2.24) is 14.4 Å². The molecule has 4 atom stereocenters. The molecule has 0 saturated heterocycles. The first-order valence-corrected chi connectivity index (χ1v) is 17.7. The normalized spacial score (nSPS) is 20.2. The molecule has 1 aliphatic heterocycles. The van der Waals surface area contributed by atoms with Crippen LogP contribution in [-0.2, 0) is 14.8 Å². The van der Waals surface area contributed by atoms with Gasteiger partial charge in [0.15, 0.2) is 5.76 Å². The van der Waals surface area contributed by atoms with Crippen LogP contribution >= 0.6 is 0 Å². The molecule has 0 saturated carbocycles. The van der Waals surface area contributed by atoms with Crippen LogP contribution in [0.2, 0.25) is 0 Å². The number of fused-ring (bicyclic) bond motifs is 1. The van der Waals surface area contributed by atoms with Gasteiger partial charge in [0, 0.05) is 44.0 Å². The summed E-state index contributed by atoms with van der Waals surface area (Å²) in [5, 5.41) is 19.3. The molecule has 2 aromatic carbocycles. The van der Waals surface area contributed by atoms with E-state index in [4.69, 9.17) is 14.0 Å². The van der Waals surface area contributed by atoms with Crippen LogP contribution in [0.4, 0.5) is 20.6 Å². The van der Waals surface area contributed by atoms with Crippen LogP contribution in [0.1, 0.15) is 61.8 Å². The van der Waals surface area contributed by atoms with Crippen LogP contribution in [0, 0.1) is 25.6 Å². The number of likely N-dealkylation sites (N-methyl/N-ethyl adjacent to an activating group) is 1. The van der Waals surface area contributed by atoms with Gasteiger partial charge in [0.1, 0.15) is 22.2 Å². The summed E-state index contributed by atoms with van der Waals surface area (Å²) in [6.07, 6.45) is 1.25. The molecule has 1 aromatic heterocycles. The Labute approximate surface area is 286 Å². The molecule has 3 aromatic rings. The Morgan fingerprint density at radius 1 is 1.12 bits per heavy atom. The topological polar surface area (TPSA) is 164 Å². The number of aromatic nitrogens is 1. The standard InChI is InChI=1S/C34H46FN5O8S/c1-21-18-40(22(2)20-41)33(42)29-17-28(37-34(43)36-27-12-10-26(35)11-13-27)14-15-30(29)47-23(3)9-7-8-16-46-31(21)19-39(6)49(44,45)32-24(4)38-48-25(32)5/h10-15,17,21-23,31,41H,7-9,16,18-20H2,1-6H3,(H2,36,37,43)/t21-,22+,23-,31+/m1/s1. The molecular weight excluding hydrogens is 657 g/mol. The molecule has 268 valence electrons. The fraction of sp³-hybridized carbons (Fsp3) is 0.500. The Kier molecular flexibility index (Phi) is 12.8. The molecule has 0 unspecified atom stereocenters. The van der Waals surface area contributed by atoms with Gasteiger partial charge in [-0.3, -0.25) is 4.79 Å². The smallest absolute Gasteiger partial charge is 0.323 e. The van der Waals surface area contributed by atoms with E-state index in [1.807, 2.05) is 13.8 Å². The minimum Gasteiger partial charge on any atom is -0.490 e. The van der Waals surface area contributed by atoms with E-state index in [1.54, 1.807) is 32.9 Å². The Hall–Kier alpha value is -4.05. The van der Waals surface area contributed by atoms with Crippen molar-refractivity contribution in [3.8, 4) is 5.75 Å². The molecule has 0 spiro atoms. The highest BCUT2D eigenvalue weighted by Crippen LogP contribution is 2.29. The van der Waals surface area contributed by atoms with Crippen LogP contribution in [0.25, 0.3) is 0 Å². The van der Waals surface area contributed by atoms with E-state index in [0.717, 1.165) is 6.42 Å². The molecule has 0 bridgehead atoms. The van der Waals surface area contributed by atoms with Crippen molar-refractivity contribution in [3.05, 3.63) is 65.3 Å². The van der Waals surface area contributed by atoms with Crippen LogP contribution in [-0.4, -0.2) is 91.4 Å². The number of aliphatic hydroxyl groups is 1. The van der Waals surface area contributed by atoms with Crippen LogP contribution in [0.5, 0.6) is 5.75 Å². The van der Waals surface area contributed by atoms with Gasteiger partial charge in [-0.15, -0.1) is 0 Å². The molecule has 2 heterocycles. The summed E-state index contributed by atoms with van der Waals surface area (Å²) in [4.78, 5) is 28.6. The first-order valence-electron chi connectivity index (χ1n) is 16.3. The molecule has 0 fully saturated rings. The lowest BCUT2D eigenvalue weighted by Gasteiger charge is -2.35. The first kappa shape index (κ1) is 37.8. The maximum absolute atomic E-state index is 14.3. The zero-order valence-corrected chi connectivity index (χ0v) is 29.5. The van der Waals surface area contributed by atoms with Crippen molar-refractivity contribution in [3.63, 3.8) is 0 Å². The van der Waals surface area contributed by atoms with Crippen molar-refractivity contribution >= 4 is 33.3 Å². The average Bonchev–Trinajstić information content (AvgIpc) is 3.41. The quantitative estimate of drug-likeness (QED) is 0.287. The number of hydrogen-bond donors (Lipinski definition) is 3. The Bertz CT molecular complexity index is 1680. The Balaban J connectivity index is 1.63. The molecular formula is C34H46FN5O8S. The lowest BCUT2D eigenvalue weighted by Crippen LogP contribution is -2.48. The first-order chi connectivity index (χ1) is 23.2. The zero-order valence-electron chi connectivity index (χ0n) is 28.7. The van der Waals surface area contributed by atoms with Gasteiger partial charge < -0.3 is 34.6 Å². The second-order valence-electron chi connectivity index (χ2n) is 12.5. The van der Waals surface area contributed by atoms with Crippen molar-refractivity contribution in [2.75, 3.05) is 44.0 Å². The van der Waals surface area contributed by atoms with E-state index in [-0.39, 0.29) is 53.6 Å². The molecule has 13 nitrogen and oxygen atoms in total. The fourth-order valence-corrected chi connectivity index (χ4v) is 7.11.